The summed E-state index contributed by atoms with van der Waals surface area (Å²) in [5.74, 6) is -1.86. The van der Waals surface area contributed by atoms with Gasteiger partial charge in [-0.1, -0.05) is 49.7 Å². The van der Waals surface area contributed by atoms with Crippen LogP contribution in [-0.2, 0) is 16.0 Å². The molecular weight excluding hydrogens is 470 g/mol. The molecule has 1 fully saturated rings. The van der Waals surface area contributed by atoms with Gasteiger partial charge in [-0.2, -0.15) is 0 Å². The van der Waals surface area contributed by atoms with Crippen LogP contribution in [0.4, 0.5) is 0 Å². The highest BCUT2D eigenvalue weighted by atomic mass is 35.5. The summed E-state index contributed by atoms with van der Waals surface area (Å²) in [5.41, 5.74) is 0.449. The van der Waals surface area contributed by atoms with Crippen LogP contribution < -0.4 is 10.1 Å². The first-order chi connectivity index (χ1) is 16.7. The zero-order chi connectivity index (χ0) is 25.6. The van der Waals surface area contributed by atoms with Gasteiger partial charge < -0.3 is 25.4 Å². The molecule has 3 rings (SSSR count). The molecule has 8 heteroatoms. The van der Waals surface area contributed by atoms with E-state index in [0.29, 0.717) is 35.6 Å². The van der Waals surface area contributed by atoms with Gasteiger partial charge in [-0.15, -0.1) is 0 Å². The Labute approximate surface area is 211 Å². The lowest BCUT2D eigenvalue weighted by molar-refractivity contribution is -0.172. The predicted molar refractivity (Wildman–Crippen MR) is 134 cm³/mol. The van der Waals surface area contributed by atoms with Crippen molar-refractivity contribution in [1.82, 2.24) is 5.32 Å². The second-order valence-corrected chi connectivity index (χ2v) is 9.66. The third-order valence-corrected chi connectivity index (χ3v) is 7.19. The van der Waals surface area contributed by atoms with Gasteiger partial charge in [0.05, 0.1) is 6.10 Å². The van der Waals surface area contributed by atoms with Crippen molar-refractivity contribution in [3.8, 4) is 5.75 Å². The van der Waals surface area contributed by atoms with Crippen LogP contribution in [0.3, 0.4) is 0 Å². The van der Waals surface area contributed by atoms with Crippen LogP contribution in [0, 0.1) is 5.92 Å². The number of aliphatic carboxylic acids is 2. The average Bonchev–Trinajstić information content (AvgIpc) is 3.31. The van der Waals surface area contributed by atoms with E-state index >= 15 is 0 Å². The number of nitrogens with one attached hydrogen (secondary N) is 1. The first-order valence-electron chi connectivity index (χ1n) is 12.1. The largest absolute Gasteiger partial charge is 0.478 e. The Morgan fingerprint density at radius 1 is 1.14 bits per heavy atom. The van der Waals surface area contributed by atoms with Crippen molar-refractivity contribution in [2.24, 2.45) is 5.92 Å². The van der Waals surface area contributed by atoms with Crippen molar-refractivity contribution >= 4 is 23.5 Å². The van der Waals surface area contributed by atoms with Crippen LogP contribution in [-0.4, -0.2) is 45.9 Å². The molecule has 3 atom stereocenters. The average molecular weight is 504 g/mol. The van der Waals surface area contributed by atoms with E-state index in [0.717, 1.165) is 42.5 Å². The Morgan fingerprint density at radius 3 is 2.51 bits per heavy atom. The van der Waals surface area contributed by atoms with E-state index in [1.54, 1.807) is 18.2 Å². The smallest absolute Gasteiger partial charge is 0.360 e. The minimum absolute atomic E-state index is 0.189. The number of carboxylic acid groups (broad SMARTS) is 2. The summed E-state index contributed by atoms with van der Waals surface area (Å²) in [4.78, 5) is 23.4. The third kappa shape index (κ3) is 6.34. The minimum Gasteiger partial charge on any atom is -0.478 e. The molecule has 35 heavy (non-hydrogen) atoms. The predicted octanol–water partition coefficient (Wildman–Crippen LogP) is 4.81. The molecule has 0 spiro atoms. The molecule has 2 aromatic rings. The number of hydrogen-bond acceptors (Lipinski definition) is 5. The third-order valence-electron chi connectivity index (χ3n) is 6.96. The molecule has 2 aromatic carbocycles. The second kappa shape index (κ2) is 11.9. The van der Waals surface area contributed by atoms with Crippen LogP contribution in [0.5, 0.6) is 5.75 Å². The summed E-state index contributed by atoms with van der Waals surface area (Å²) in [6, 6.07) is 12.9. The molecular formula is C27H34ClNO6. The summed E-state index contributed by atoms with van der Waals surface area (Å²) in [5, 5.41) is 33.4. The van der Waals surface area contributed by atoms with E-state index in [9.17, 15) is 24.9 Å². The van der Waals surface area contributed by atoms with Crippen LogP contribution in [0.2, 0.25) is 5.02 Å². The lowest BCUT2D eigenvalue weighted by Crippen LogP contribution is -2.51. The van der Waals surface area contributed by atoms with Crippen LogP contribution in [0.25, 0.3) is 0 Å². The summed E-state index contributed by atoms with van der Waals surface area (Å²) in [7, 11) is 0. The van der Waals surface area contributed by atoms with E-state index in [1.807, 2.05) is 31.2 Å². The molecule has 0 amide bonds. The Hall–Kier alpha value is -2.61. The number of hydrogen-bond donors (Lipinski definition) is 4. The molecule has 2 unspecified atom stereocenters. The maximum Gasteiger partial charge on any atom is 0.360 e. The molecule has 190 valence electrons. The molecule has 0 saturated heterocycles. The highest BCUT2D eigenvalue weighted by molar-refractivity contribution is 6.30. The molecule has 0 aromatic heterocycles. The van der Waals surface area contributed by atoms with Gasteiger partial charge in [0.2, 0.25) is 0 Å². The van der Waals surface area contributed by atoms with E-state index in [-0.39, 0.29) is 6.42 Å². The Kier molecular flexibility index (Phi) is 9.16. The van der Waals surface area contributed by atoms with E-state index in [1.165, 1.54) is 6.92 Å². The maximum absolute atomic E-state index is 11.7. The number of carboxylic acids is 2. The number of rotatable bonds is 12. The van der Waals surface area contributed by atoms with Gasteiger partial charge in [-0.25, -0.2) is 9.59 Å². The van der Waals surface area contributed by atoms with Crippen LogP contribution >= 0.6 is 11.6 Å². The first kappa shape index (κ1) is 27.0. The molecule has 0 heterocycles. The van der Waals surface area contributed by atoms with Crippen LogP contribution in [0.15, 0.2) is 42.5 Å². The summed E-state index contributed by atoms with van der Waals surface area (Å²) >= 11 is 6.01. The number of aryl methyl sites for hydroxylation is 1. The highest BCUT2D eigenvalue weighted by Gasteiger charge is 2.48. The topological polar surface area (TPSA) is 116 Å². The SMILES string of the molecule is CCc1cc(C2CCC(CNC[C@H](O)c3cccc(Cl)c3)C2)ccc1OC(CC)(C(=O)O)C(=O)O. The molecule has 0 bridgehead atoms. The zero-order valence-electron chi connectivity index (χ0n) is 20.2. The van der Waals surface area contributed by atoms with Crippen molar-refractivity contribution in [3.05, 3.63) is 64.2 Å². The van der Waals surface area contributed by atoms with E-state index < -0.39 is 23.6 Å². The van der Waals surface area contributed by atoms with Crippen molar-refractivity contribution in [3.63, 3.8) is 0 Å². The summed E-state index contributed by atoms with van der Waals surface area (Å²) in [6.45, 7) is 4.70. The number of aliphatic hydroxyl groups is 1. The molecule has 1 aliphatic carbocycles. The maximum atomic E-state index is 11.7. The van der Waals surface area contributed by atoms with Gasteiger partial charge in [0.1, 0.15) is 5.75 Å². The Balaban J connectivity index is 1.60. The fourth-order valence-electron chi connectivity index (χ4n) is 4.79. The minimum atomic E-state index is -2.30. The monoisotopic (exact) mass is 503 g/mol. The zero-order valence-corrected chi connectivity index (χ0v) is 20.9. The van der Waals surface area contributed by atoms with Crippen molar-refractivity contribution < 1.29 is 29.6 Å². The van der Waals surface area contributed by atoms with Gasteiger partial charge in [0.15, 0.2) is 0 Å². The van der Waals surface area contributed by atoms with Crippen molar-refractivity contribution in [2.45, 2.75) is 63.6 Å². The van der Waals surface area contributed by atoms with E-state index in [2.05, 4.69) is 5.32 Å². The number of benzene rings is 2. The number of carbonyl (C=O) groups is 2. The summed E-state index contributed by atoms with van der Waals surface area (Å²) < 4.78 is 5.61. The van der Waals surface area contributed by atoms with Gasteiger partial charge in [-0.05, 0) is 79.0 Å². The molecule has 1 saturated carbocycles. The molecule has 0 radical (unpaired) electrons. The number of ether oxygens (including phenoxy) is 1. The fraction of sp³-hybridized carbons (Fsp3) is 0.481. The van der Waals surface area contributed by atoms with Crippen LogP contribution in [0.1, 0.15) is 68.2 Å². The molecule has 7 nitrogen and oxygen atoms in total. The van der Waals surface area contributed by atoms with Crippen molar-refractivity contribution in [1.29, 1.82) is 0 Å². The first-order valence-corrected chi connectivity index (χ1v) is 12.5. The van der Waals surface area contributed by atoms with Crippen molar-refractivity contribution in [2.75, 3.05) is 13.1 Å². The van der Waals surface area contributed by atoms with E-state index in [4.69, 9.17) is 16.3 Å². The molecule has 0 aliphatic heterocycles. The lowest BCUT2D eigenvalue weighted by atomic mass is 9.93. The van der Waals surface area contributed by atoms with Gasteiger partial charge >= 0.3 is 11.9 Å². The van der Waals surface area contributed by atoms with Gasteiger partial charge in [-0.3, -0.25) is 0 Å². The standard InChI is InChI=1S/C27H34ClNO6/c1-3-18-13-20(10-11-24(18)35-27(4-2,25(31)32)26(33)34)19-9-8-17(12-19)15-29-16-23(30)21-6-5-7-22(28)14-21/h5-7,10-11,13-14,17,19,23,29-30H,3-4,8-9,12,15-16H2,1-2H3,(H,31,32)(H,33,34)/t17?,19?,23-/m0/s1. The fourth-order valence-corrected chi connectivity index (χ4v) is 4.99. The molecule has 4 N–H and O–H groups in total. The second-order valence-electron chi connectivity index (χ2n) is 9.22. The Bertz CT molecular complexity index is 1030. The number of halogens is 1. The van der Waals surface area contributed by atoms with Gasteiger partial charge in [0, 0.05) is 18.0 Å². The quantitative estimate of drug-likeness (QED) is 0.307. The molecule has 1 aliphatic rings. The Morgan fingerprint density at radius 2 is 1.89 bits per heavy atom. The normalized spacial score (nSPS) is 18.9. The van der Waals surface area contributed by atoms with Gasteiger partial charge in [0.25, 0.3) is 5.60 Å². The summed E-state index contributed by atoms with van der Waals surface area (Å²) in [6.07, 6.45) is 2.91. The highest BCUT2D eigenvalue weighted by Crippen LogP contribution is 2.40. The number of aliphatic hydroxyl groups excluding tert-OH is 1. The lowest BCUT2D eigenvalue weighted by Gasteiger charge is -2.26.